The molecule has 1 aromatic heterocycles. The van der Waals surface area contributed by atoms with Gasteiger partial charge in [-0.1, -0.05) is 12.5 Å². The number of anilines is 1. The van der Waals surface area contributed by atoms with Gasteiger partial charge >= 0.3 is 0 Å². The smallest absolute Gasteiger partial charge is 0.276 e. The van der Waals surface area contributed by atoms with Gasteiger partial charge in [0, 0.05) is 37.6 Å². The van der Waals surface area contributed by atoms with Crippen molar-refractivity contribution in [2.45, 2.75) is 45.1 Å². The molecule has 0 unspecified atom stereocenters. The van der Waals surface area contributed by atoms with E-state index in [2.05, 4.69) is 27.4 Å². The van der Waals surface area contributed by atoms with Gasteiger partial charge in [-0.25, -0.2) is 0 Å². The Labute approximate surface area is 149 Å². The Balaban J connectivity index is 1.46. The van der Waals surface area contributed by atoms with Crippen LogP contribution < -0.4 is 5.32 Å². The van der Waals surface area contributed by atoms with Gasteiger partial charge < -0.3 is 5.32 Å². The minimum absolute atomic E-state index is 0.145. The van der Waals surface area contributed by atoms with Crippen LogP contribution >= 0.6 is 0 Å². The van der Waals surface area contributed by atoms with Crippen LogP contribution in [0.15, 0.2) is 24.3 Å². The largest absolute Gasteiger partial charge is 0.321 e. The molecule has 1 saturated carbocycles. The molecule has 1 aliphatic carbocycles. The molecule has 1 N–H and O–H groups in total. The molecule has 25 heavy (non-hydrogen) atoms. The fraction of sp³-hybridized carbons (Fsp3) is 0.500. The lowest BCUT2D eigenvalue weighted by molar-refractivity contribution is 0.102. The molecule has 132 valence electrons. The van der Waals surface area contributed by atoms with Gasteiger partial charge in [0.15, 0.2) is 5.69 Å². The summed E-state index contributed by atoms with van der Waals surface area (Å²) in [5.41, 5.74) is 5.10. The second-order valence-electron chi connectivity index (χ2n) is 7.35. The maximum atomic E-state index is 12.4. The SMILES string of the molecule is Cc1cc(C(=O)Nc2ccc3c(c2)CCN(C2CCC2)CC3)nn1C. The molecule has 0 radical (unpaired) electrons. The number of carbonyl (C=O) groups excluding carboxylic acids is 1. The fourth-order valence-corrected chi connectivity index (χ4v) is 3.80. The summed E-state index contributed by atoms with van der Waals surface area (Å²) in [6.45, 7) is 4.24. The van der Waals surface area contributed by atoms with E-state index in [1.54, 1.807) is 4.68 Å². The number of rotatable bonds is 3. The van der Waals surface area contributed by atoms with Crippen molar-refractivity contribution in [3.63, 3.8) is 0 Å². The van der Waals surface area contributed by atoms with Gasteiger partial charge in [0.25, 0.3) is 5.91 Å². The first-order chi connectivity index (χ1) is 12.1. The molecule has 5 heteroatoms. The number of nitrogens with zero attached hydrogens (tertiary/aromatic N) is 3. The standard InChI is InChI=1S/C20H26N4O/c1-14-12-19(22-23(14)2)20(25)21-17-7-6-15-8-10-24(18-4-3-5-18)11-9-16(15)13-17/h6-7,12-13,18H,3-5,8-11H2,1-2H3,(H,21,25). The van der Waals surface area contributed by atoms with Crippen LogP contribution in [-0.2, 0) is 19.9 Å². The Morgan fingerprint density at radius 3 is 2.56 bits per heavy atom. The summed E-state index contributed by atoms with van der Waals surface area (Å²) in [6.07, 6.45) is 6.29. The highest BCUT2D eigenvalue weighted by atomic mass is 16.1. The molecule has 2 aliphatic rings. The number of nitrogens with one attached hydrogen (secondary N) is 1. The van der Waals surface area contributed by atoms with Gasteiger partial charge in [0.05, 0.1) is 0 Å². The molecule has 0 bridgehead atoms. The van der Waals surface area contributed by atoms with E-state index in [4.69, 9.17) is 0 Å². The minimum atomic E-state index is -0.145. The Morgan fingerprint density at radius 2 is 1.92 bits per heavy atom. The number of hydrogen-bond acceptors (Lipinski definition) is 3. The molecular weight excluding hydrogens is 312 g/mol. The average Bonchev–Trinajstić information content (AvgIpc) is 2.76. The number of benzene rings is 1. The van der Waals surface area contributed by atoms with Crippen molar-refractivity contribution in [1.29, 1.82) is 0 Å². The van der Waals surface area contributed by atoms with Crippen LogP contribution in [0.5, 0.6) is 0 Å². The Morgan fingerprint density at radius 1 is 1.16 bits per heavy atom. The monoisotopic (exact) mass is 338 g/mol. The molecule has 1 fully saturated rings. The summed E-state index contributed by atoms with van der Waals surface area (Å²) >= 11 is 0. The Hall–Kier alpha value is -2.14. The van der Waals surface area contributed by atoms with Crippen LogP contribution in [-0.4, -0.2) is 39.7 Å². The highest BCUT2D eigenvalue weighted by Gasteiger charge is 2.26. The van der Waals surface area contributed by atoms with Gasteiger partial charge in [-0.15, -0.1) is 0 Å². The number of aromatic nitrogens is 2. The van der Waals surface area contributed by atoms with Crippen LogP contribution in [0.3, 0.4) is 0 Å². The van der Waals surface area contributed by atoms with E-state index in [9.17, 15) is 4.79 Å². The van der Waals surface area contributed by atoms with Crippen LogP contribution in [0.2, 0.25) is 0 Å². The zero-order valence-corrected chi connectivity index (χ0v) is 15.1. The molecule has 2 heterocycles. The highest BCUT2D eigenvalue weighted by Crippen LogP contribution is 2.28. The number of aryl methyl sites for hydroxylation is 2. The molecule has 0 spiro atoms. The molecule has 4 rings (SSSR count). The average molecular weight is 338 g/mol. The predicted octanol–water partition coefficient (Wildman–Crippen LogP) is 2.93. The van der Waals surface area contributed by atoms with E-state index < -0.39 is 0 Å². The topological polar surface area (TPSA) is 50.2 Å². The van der Waals surface area contributed by atoms with Crippen molar-refractivity contribution in [3.05, 3.63) is 46.8 Å². The summed E-state index contributed by atoms with van der Waals surface area (Å²) in [6, 6.07) is 8.97. The first-order valence-electron chi connectivity index (χ1n) is 9.28. The van der Waals surface area contributed by atoms with Crippen molar-refractivity contribution in [2.75, 3.05) is 18.4 Å². The number of carbonyl (C=O) groups is 1. The Kier molecular flexibility index (Phi) is 4.34. The molecule has 1 aliphatic heterocycles. The van der Waals surface area contributed by atoms with Gasteiger partial charge in [0.1, 0.15) is 0 Å². The highest BCUT2D eigenvalue weighted by molar-refractivity contribution is 6.03. The zero-order valence-electron chi connectivity index (χ0n) is 15.1. The summed E-state index contributed by atoms with van der Waals surface area (Å²) < 4.78 is 1.72. The number of fused-ring (bicyclic) bond motifs is 1. The second-order valence-corrected chi connectivity index (χ2v) is 7.35. The third kappa shape index (κ3) is 3.33. The van der Waals surface area contributed by atoms with Gasteiger partial charge in [-0.05, 0) is 61.9 Å². The maximum absolute atomic E-state index is 12.4. The quantitative estimate of drug-likeness (QED) is 0.936. The van der Waals surface area contributed by atoms with Crippen LogP contribution in [0.25, 0.3) is 0 Å². The molecule has 1 aromatic carbocycles. The molecule has 2 aromatic rings. The third-order valence-electron chi connectivity index (χ3n) is 5.74. The van der Waals surface area contributed by atoms with Crippen molar-refractivity contribution in [3.8, 4) is 0 Å². The van der Waals surface area contributed by atoms with Crippen molar-refractivity contribution in [1.82, 2.24) is 14.7 Å². The normalized spacial score (nSPS) is 18.3. The molecule has 5 nitrogen and oxygen atoms in total. The summed E-state index contributed by atoms with van der Waals surface area (Å²) in [4.78, 5) is 15.1. The summed E-state index contributed by atoms with van der Waals surface area (Å²) in [7, 11) is 1.85. The van der Waals surface area contributed by atoms with Crippen molar-refractivity contribution >= 4 is 11.6 Å². The Bertz CT molecular complexity index is 771. The second kappa shape index (κ2) is 6.64. The number of hydrogen-bond donors (Lipinski definition) is 1. The van der Waals surface area contributed by atoms with Gasteiger partial charge in [-0.2, -0.15) is 5.10 Å². The van der Waals surface area contributed by atoms with Crippen LogP contribution in [0.4, 0.5) is 5.69 Å². The first kappa shape index (κ1) is 16.3. The van der Waals surface area contributed by atoms with E-state index in [-0.39, 0.29) is 5.91 Å². The third-order valence-corrected chi connectivity index (χ3v) is 5.74. The van der Waals surface area contributed by atoms with Crippen molar-refractivity contribution in [2.24, 2.45) is 7.05 Å². The van der Waals surface area contributed by atoms with E-state index >= 15 is 0 Å². The van der Waals surface area contributed by atoms with E-state index in [1.807, 2.05) is 26.1 Å². The van der Waals surface area contributed by atoms with Gasteiger partial charge in [-0.3, -0.25) is 14.4 Å². The minimum Gasteiger partial charge on any atom is -0.321 e. The van der Waals surface area contributed by atoms with E-state index in [0.717, 1.165) is 43.4 Å². The molecular formula is C20H26N4O. The van der Waals surface area contributed by atoms with Crippen molar-refractivity contribution < 1.29 is 4.79 Å². The molecule has 1 amide bonds. The molecule has 0 saturated heterocycles. The first-order valence-corrected chi connectivity index (χ1v) is 9.28. The van der Waals surface area contributed by atoms with E-state index in [0.29, 0.717) is 5.69 Å². The lowest BCUT2D eigenvalue weighted by atomic mass is 9.91. The zero-order chi connectivity index (χ0) is 17.4. The van der Waals surface area contributed by atoms with Crippen LogP contribution in [0, 0.1) is 6.92 Å². The van der Waals surface area contributed by atoms with Crippen LogP contribution in [0.1, 0.15) is 46.6 Å². The lowest BCUT2D eigenvalue weighted by Gasteiger charge is -2.36. The summed E-state index contributed by atoms with van der Waals surface area (Å²) in [5.74, 6) is -0.145. The lowest BCUT2D eigenvalue weighted by Crippen LogP contribution is -2.41. The predicted molar refractivity (Wildman–Crippen MR) is 99.0 cm³/mol. The maximum Gasteiger partial charge on any atom is 0.276 e. The summed E-state index contributed by atoms with van der Waals surface area (Å²) in [5, 5.41) is 7.25. The van der Waals surface area contributed by atoms with E-state index in [1.165, 1.54) is 30.4 Å². The fourth-order valence-electron chi connectivity index (χ4n) is 3.80. The number of amides is 1. The molecule has 0 atom stereocenters. The van der Waals surface area contributed by atoms with Gasteiger partial charge in [0.2, 0.25) is 0 Å².